The van der Waals surface area contributed by atoms with Crippen molar-refractivity contribution >= 4 is 11.8 Å². The van der Waals surface area contributed by atoms with Crippen LogP contribution in [0.25, 0.3) is 0 Å². The number of rotatable bonds is 9. The summed E-state index contributed by atoms with van der Waals surface area (Å²) in [5.41, 5.74) is 0.0642. The van der Waals surface area contributed by atoms with E-state index in [1.807, 2.05) is 7.05 Å². The summed E-state index contributed by atoms with van der Waals surface area (Å²) in [7, 11) is 5.28. The van der Waals surface area contributed by atoms with Crippen molar-refractivity contribution in [3.05, 3.63) is 0 Å². The van der Waals surface area contributed by atoms with Crippen molar-refractivity contribution in [2.24, 2.45) is 5.41 Å². The van der Waals surface area contributed by atoms with Crippen LogP contribution in [0.1, 0.15) is 45.4 Å². The number of carbonyl (C=O) groups is 2. The third-order valence-electron chi connectivity index (χ3n) is 5.34. The van der Waals surface area contributed by atoms with E-state index in [0.717, 1.165) is 32.1 Å². The van der Waals surface area contributed by atoms with Crippen molar-refractivity contribution in [2.75, 3.05) is 40.9 Å². The van der Waals surface area contributed by atoms with Crippen LogP contribution in [0.5, 0.6) is 0 Å². The zero-order valence-corrected chi connectivity index (χ0v) is 15.5. The highest BCUT2D eigenvalue weighted by atomic mass is 16.5. The summed E-state index contributed by atoms with van der Waals surface area (Å²) >= 11 is 0. The molecule has 2 atom stereocenters. The minimum absolute atomic E-state index is 0.0323. The molecule has 2 rings (SSSR count). The zero-order chi connectivity index (χ0) is 17.7. The lowest BCUT2D eigenvalue weighted by molar-refractivity contribution is -0.142. The van der Waals surface area contributed by atoms with Crippen LogP contribution in [-0.4, -0.2) is 74.7 Å². The van der Waals surface area contributed by atoms with Crippen molar-refractivity contribution < 1.29 is 19.1 Å². The number of hydrogen-bond acceptors (Lipinski definition) is 4. The van der Waals surface area contributed by atoms with E-state index in [4.69, 9.17) is 9.47 Å². The van der Waals surface area contributed by atoms with Gasteiger partial charge in [0.25, 0.3) is 5.91 Å². The molecule has 6 heteroatoms. The van der Waals surface area contributed by atoms with Crippen molar-refractivity contribution in [3.8, 4) is 0 Å². The number of nitrogens with zero attached hydrogens (tertiary/aromatic N) is 2. The van der Waals surface area contributed by atoms with E-state index in [0.29, 0.717) is 26.1 Å². The highest BCUT2D eigenvalue weighted by Gasteiger charge is 2.44. The number of hydrogen-bond donors (Lipinski definition) is 0. The number of methoxy groups -OCH3 is 1. The van der Waals surface area contributed by atoms with Crippen LogP contribution < -0.4 is 0 Å². The highest BCUT2D eigenvalue weighted by molar-refractivity contribution is 5.81. The maximum atomic E-state index is 12.4. The molecule has 6 nitrogen and oxygen atoms in total. The number of carbonyl (C=O) groups excluding carboxylic acids is 2. The van der Waals surface area contributed by atoms with Crippen molar-refractivity contribution in [2.45, 2.75) is 57.7 Å². The molecule has 0 bridgehead atoms. The number of amides is 2. The third-order valence-corrected chi connectivity index (χ3v) is 5.34. The van der Waals surface area contributed by atoms with Gasteiger partial charge in [0.1, 0.15) is 6.10 Å². The molecule has 1 heterocycles. The van der Waals surface area contributed by atoms with Gasteiger partial charge in [-0.05, 0) is 32.1 Å². The lowest BCUT2D eigenvalue weighted by Gasteiger charge is -2.25. The van der Waals surface area contributed by atoms with Crippen LogP contribution in [0.2, 0.25) is 0 Å². The third kappa shape index (κ3) is 4.93. The fourth-order valence-electron chi connectivity index (χ4n) is 3.28. The average Bonchev–Trinajstić information content (AvgIpc) is 3.14. The van der Waals surface area contributed by atoms with E-state index in [1.165, 1.54) is 0 Å². The Hall–Kier alpha value is -1.14. The van der Waals surface area contributed by atoms with Crippen LogP contribution in [0, 0.1) is 5.41 Å². The first kappa shape index (κ1) is 19.2. The maximum absolute atomic E-state index is 12.4. The molecule has 1 aliphatic carbocycles. The molecule has 1 saturated carbocycles. The summed E-state index contributed by atoms with van der Waals surface area (Å²) < 4.78 is 11.0. The van der Waals surface area contributed by atoms with E-state index in [-0.39, 0.29) is 29.4 Å². The normalized spacial score (nSPS) is 24.7. The zero-order valence-electron chi connectivity index (χ0n) is 15.5. The van der Waals surface area contributed by atoms with E-state index >= 15 is 0 Å². The second kappa shape index (κ2) is 8.30. The first-order chi connectivity index (χ1) is 11.4. The summed E-state index contributed by atoms with van der Waals surface area (Å²) in [6, 6.07) is 0. The van der Waals surface area contributed by atoms with Crippen LogP contribution in [-0.2, 0) is 19.1 Å². The first-order valence-corrected chi connectivity index (χ1v) is 9.04. The molecule has 1 saturated heterocycles. The SMILES string of the molecule is CCC1CCC(C(=O)N(C)CCN(C)C(=O)CC2(COC)CC2)O1. The Labute approximate surface area is 145 Å². The van der Waals surface area contributed by atoms with Gasteiger partial charge in [-0.3, -0.25) is 9.59 Å². The summed E-state index contributed by atoms with van der Waals surface area (Å²) in [4.78, 5) is 28.1. The van der Waals surface area contributed by atoms with Gasteiger partial charge in [-0.2, -0.15) is 0 Å². The van der Waals surface area contributed by atoms with Gasteiger partial charge >= 0.3 is 0 Å². The molecule has 1 aliphatic heterocycles. The fraction of sp³-hybridized carbons (Fsp3) is 0.889. The largest absolute Gasteiger partial charge is 0.384 e. The lowest BCUT2D eigenvalue weighted by atomic mass is 10.0. The molecule has 0 radical (unpaired) electrons. The molecule has 2 aliphatic rings. The van der Waals surface area contributed by atoms with E-state index < -0.39 is 0 Å². The van der Waals surface area contributed by atoms with Crippen LogP contribution >= 0.6 is 0 Å². The van der Waals surface area contributed by atoms with Gasteiger partial charge in [0.05, 0.1) is 12.7 Å². The second-order valence-corrected chi connectivity index (χ2v) is 7.42. The summed E-state index contributed by atoms with van der Waals surface area (Å²) in [6.45, 7) is 3.82. The predicted molar refractivity (Wildman–Crippen MR) is 91.6 cm³/mol. The lowest BCUT2D eigenvalue weighted by Crippen LogP contribution is -2.42. The molecule has 24 heavy (non-hydrogen) atoms. The van der Waals surface area contributed by atoms with Crippen LogP contribution in [0.4, 0.5) is 0 Å². The van der Waals surface area contributed by atoms with Crippen molar-refractivity contribution in [1.29, 1.82) is 0 Å². The predicted octanol–water partition coefficient (Wildman–Crippen LogP) is 1.68. The Balaban J connectivity index is 1.71. The Bertz CT molecular complexity index is 450. The molecular formula is C18H32N2O4. The average molecular weight is 340 g/mol. The van der Waals surface area contributed by atoms with Gasteiger partial charge in [0, 0.05) is 46.1 Å². The van der Waals surface area contributed by atoms with Crippen molar-refractivity contribution in [3.63, 3.8) is 0 Å². The first-order valence-electron chi connectivity index (χ1n) is 9.04. The van der Waals surface area contributed by atoms with Gasteiger partial charge in [0.15, 0.2) is 0 Å². The molecule has 2 amide bonds. The van der Waals surface area contributed by atoms with Gasteiger partial charge in [-0.25, -0.2) is 0 Å². The molecule has 0 aromatic rings. The minimum atomic E-state index is -0.308. The molecule has 0 N–H and O–H groups in total. The Morgan fingerprint density at radius 3 is 2.38 bits per heavy atom. The molecule has 0 spiro atoms. The second-order valence-electron chi connectivity index (χ2n) is 7.42. The molecule has 2 fully saturated rings. The Morgan fingerprint density at radius 2 is 1.83 bits per heavy atom. The number of likely N-dealkylation sites (N-methyl/N-ethyl adjacent to an activating group) is 2. The van der Waals surface area contributed by atoms with Crippen molar-refractivity contribution in [1.82, 2.24) is 9.80 Å². The smallest absolute Gasteiger partial charge is 0.251 e. The highest BCUT2D eigenvalue weighted by Crippen LogP contribution is 2.49. The molecular weight excluding hydrogens is 308 g/mol. The van der Waals surface area contributed by atoms with E-state index in [2.05, 4.69) is 6.92 Å². The van der Waals surface area contributed by atoms with E-state index in [9.17, 15) is 9.59 Å². The summed E-state index contributed by atoms with van der Waals surface area (Å²) in [5.74, 6) is 0.165. The molecule has 138 valence electrons. The Morgan fingerprint density at radius 1 is 1.17 bits per heavy atom. The van der Waals surface area contributed by atoms with Gasteiger partial charge in [-0.1, -0.05) is 6.92 Å². The maximum Gasteiger partial charge on any atom is 0.251 e. The van der Waals surface area contributed by atoms with E-state index in [1.54, 1.807) is 24.0 Å². The summed E-state index contributed by atoms with van der Waals surface area (Å²) in [5, 5.41) is 0. The van der Waals surface area contributed by atoms with Gasteiger partial charge in [0.2, 0.25) is 5.91 Å². The van der Waals surface area contributed by atoms with Gasteiger partial charge < -0.3 is 19.3 Å². The minimum Gasteiger partial charge on any atom is -0.384 e. The summed E-state index contributed by atoms with van der Waals surface area (Å²) in [6.07, 6.45) is 5.29. The van der Waals surface area contributed by atoms with Crippen LogP contribution in [0.15, 0.2) is 0 Å². The quantitative estimate of drug-likeness (QED) is 0.641. The standard InChI is InChI=1S/C18H32N2O4/c1-5-14-6-7-15(24-14)17(22)20(3)11-10-19(2)16(21)12-18(8-9-18)13-23-4/h14-15H,5-13H2,1-4H3. The van der Waals surface area contributed by atoms with Gasteiger partial charge in [-0.15, -0.1) is 0 Å². The molecule has 0 aromatic heterocycles. The Kier molecular flexibility index (Phi) is 6.63. The topological polar surface area (TPSA) is 59.1 Å². The fourth-order valence-corrected chi connectivity index (χ4v) is 3.28. The molecule has 2 unspecified atom stereocenters. The number of ether oxygens (including phenoxy) is 2. The van der Waals surface area contributed by atoms with Crippen LogP contribution in [0.3, 0.4) is 0 Å². The molecule has 0 aromatic carbocycles. The monoisotopic (exact) mass is 340 g/mol.